The van der Waals surface area contributed by atoms with Gasteiger partial charge in [-0.3, -0.25) is 4.79 Å². The van der Waals surface area contributed by atoms with Gasteiger partial charge in [-0.1, -0.05) is 24.6 Å². The molecule has 1 aromatic carbocycles. The highest BCUT2D eigenvalue weighted by Crippen LogP contribution is 2.43. The first-order valence-corrected chi connectivity index (χ1v) is 11.2. The third-order valence-corrected chi connectivity index (χ3v) is 6.75. The second-order valence-electron chi connectivity index (χ2n) is 8.74. The summed E-state index contributed by atoms with van der Waals surface area (Å²) in [5.74, 6) is 0.509. The number of anilines is 1. The first-order valence-electron chi connectivity index (χ1n) is 11.2. The monoisotopic (exact) mass is 419 g/mol. The highest BCUT2D eigenvalue weighted by Gasteiger charge is 2.31. The Morgan fingerprint density at radius 1 is 1.16 bits per heavy atom. The van der Waals surface area contributed by atoms with Gasteiger partial charge >= 0.3 is 0 Å². The average Bonchev–Trinajstić information content (AvgIpc) is 3.12. The smallest absolute Gasteiger partial charge is 0.267 e. The molecule has 7 heteroatoms. The minimum absolute atomic E-state index is 0.291. The third-order valence-electron chi connectivity index (χ3n) is 6.75. The molecular formula is C24H29N5O2. The second kappa shape index (κ2) is 8.30. The quantitative estimate of drug-likeness (QED) is 0.659. The van der Waals surface area contributed by atoms with Crippen LogP contribution in [0.4, 0.5) is 5.69 Å². The van der Waals surface area contributed by atoms with E-state index in [-0.39, 0.29) is 0 Å². The van der Waals surface area contributed by atoms with Crippen molar-refractivity contribution in [2.24, 2.45) is 11.7 Å². The maximum Gasteiger partial charge on any atom is 0.267 e. The lowest BCUT2D eigenvalue weighted by Crippen LogP contribution is -2.35. The van der Waals surface area contributed by atoms with Crippen molar-refractivity contribution in [2.45, 2.75) is 38.0 Å². The lowest BCUT2D eigenvalue weighted by Gasteiger charge is -2.34. The molecule has 0 atom stereocenters. The van der Waals surface area contributed by atoms with E-state index in [0.717, 1.165) is 73.5 Å². The molecule has 31 heavy (non-hydrogen) atoms. The standard InChI is InChI=1S/C24H29N5O2/c1-31-15-16-10-12-28(13-11-16)20-14-19(23(25)30)26-24-21(20)22(17-6-5-7-17)27-29(24)18-8-3-2-4-9-18/h2-4,8-9,14,16-17H,5-7,10-13,15H2,1H3,(H2,25,30). The van der Waals surface area contributed by atoms with Gasteiger partial charge in [0.2, 0.25) is 0 Å². The Balaban J connectivity index is 1.67. The molecule has 0 radical (unpaired) electrons. The number of amides is 1. The number of nitrogens with zero attached hydrogens (tertiary/aromatic N) is 4. The van der Waals surface area contributed by atoms with E-state index < -0.39 is 5.91 Å². The zero-order valence-corrected chi connectivity index (χ0v) is 18.0. The summed E-state index contributed by atoms with van der Waals surface area (Å²) in [6, 6.07) is 11.9. The number of pyridine rings is 1. The van der Waals surface area contributed by atoms with Crippen LogP contribution in [0.15, 0.2) is 36.4 Å². The van der Waals surface area contributed by atoms with Crippen molar-refractivity contribution in [3.63, 3.8) is 0 Å². The fourth-order valence-electron chi connectivity index (χ4n) is 4.79. The average molecular weight is 420 g/mol. The summed E-state index contributed by atoms with van der Waals surface area (Å²) in [4.78, 5) is 19.2. The van der Waals surface area contributed by atoms with Crippen LogP contribution in [-0.4, -0.2) is 47.5 Å². The van der Waals surface area contributed by atoms with Gasteiger partial charge in [-0.15, -0.1) is 0 Å². The van der Waals surface area contributed by atoms with Crippen LogP contribution in [0.5, 0.6) is 0 Å². The number of piperidine rings is 1. The van der Waals surface area contributed by atoms with Crippen molar-refractivity contribution in [3.05, 3.63) is 47.8 Å². The van der Waals surface area contributed by atoms with Gasteiger partial charge in [0, 0.05) is 32.7 Å². The fraction of sp³-hybridized carbons (Fsp3) is 0.458. The zero-order valence-electron chi connectivity index (χ0n) is 18.0. The van der Waals surface area contributed by atoms with Gasteiger partial charge in [0.1, 0.15) is 5.69 Å². The molecule has 162 valence electrons. The van der Waals surface area contributed by atoms with E-state index in [1.807, 2.05) is 41.1 Å². The van der Waals surface area contributed by atoms with Crippen molar-refractivity contribution in [1.29, 1.82) is 0 Å². The molecule has 0 spiro atoms. The van der Waals surface area contributed by atoms with Crippen molar-refractivity contribution in [1.82, 2.24) is 14.8 Å². The molecule has 1 saturated carbocycles. The number of carbonyl (C=O) groups is 1. The number of hydrogen-bond acceptors (Lipinski definition) is 5. The number of benzene rings is 1. The molecule has 1 aliphatic heterocycles. The van der Waals surface area contributed by atoms with Crippen molar-refractivity contribution >= 4 is 22.6 Å². The molecule has 1 aliphatic carbocycles. The molecule has 2 aliphatic rings. The van der Waals surface area contributed by atoms with Gasteiger partial charge < -0.3 is 15.4 Å². The molecule has 5 rings (SSSR count). The summed E-state index contributed by atoms with van der Waals surface area (Å²) in [7, 11) is 1.76. The molecule has 1 saturated heterocycles. The van der Waals surface area contributed by atoms with E-state index in [9.17, 15) is 4.79 Å². The summed E-state index contributed by atoms with van der Waals surface area (Å²) < 4.78 is 7.25. The van der Waals surface area contributed by atoms with Crippen LogP contribution in [0.1, 0.15) is 54.2 Å². The molecular weight excluding hydrogens is 390 g/mol. The fourth-order valence-corrected chi connectivity index (χ4v) is 4.79. The van der Waals surface area contributed by atoms with E-state index in [1.54, 1.807) is 7.11 Å². The molecule has 2 N–H and O–H groups in total. The van der Waals surface area contributed by atoms with Crippen LogP contribution in [0.3, 0.4) is 0 Å². The number of primary amides is 1. The van der Waals surface area contributed by atoms with Crippen LogP contribution in [-0.2, 0) is 4.74 Å². The first kappa shape index (κ1) is 20.0. The number of hydrogen-bond donors (Lipinski definition) is 1. The number of para-hydroxylation sites is 1. The predicted octanol–water partition coefficient (Wildman–Crippen LogP) is 3.65. The normalized spacial score (nSPS) is 17.8. The molecule has 7 nitrogen and oxygen atoms in total. The van der Waals surface area contributed by atoms with Gasteiger partial charge in [0.25, 0.3) is 5.91 Å². The topological polar surface area (TPSA) is 86.3 Å². The van der Waals surface area contributed by atoms with Gasteiger partial charge in [0.15, 0.2) is 5.65 Å². The largest absolute Gasteiger partial charge is 0.384 e. The molecule has 3 heterocycles. The zero-order chi connectivity index (χ0) is 21.4. The molecule has 2 fully saturated rings. The van der Waals surface area contributed by atoms with Crippen LogP contribution < -0.4 is 10.6 Å². The van der Waals surface area contributed by atoms with Gasteiger partial charge in [-0.25, -0.2) is 9.67 Å². The van der Waals surface area contributed by atoms with Gasteiger partial charge in [0.05, 0.1) is 22.5 Å². The number of nitrogens with two attached hydrogens (primary N) is 1. The second-order valence-corrected chi connectivity index (χ2v) is 8.74. The van der Waals surface area contributed by atoms with E-state index in [4.69, 9.17) is 20.6 Å². The number of rotatable bonds is 6. The number of carbonyl (C=O) groups excluding carboxylic acids is 1. The van der Waals surface area contributed by atoms with Crippen molar-refractivity contribution in [3.8, 4) is 5.69 Å². The summed E-state index contributed by atoms with van der Waals surface area (Å²) in [5.41, 5.74) is 9.78. The first-order chi connectivity index (χ1) is 15.2. The summed E-state index contributed by atoms with van der Waals surface area (Å²) in [6.45, 7) is 2.64. The van der Waals surface area contributed by atoms with E-state index in [0.29, 0.717) is 17.5 Å². The van der Waals surface area contributed by atoms with E-state index in [2.05, 4.69) is 4.90 Å². The Labute approximate surface area is 182 Å². The van der Waals surface area contributed by atoms with Crippen LogP contribution in [0, 0.1) is 5.92 Å². The van der Waals surface area contributed by atoms with Gasteiger partial charge in [-0.05, 0) is 49.8 Å². The third kappa shape index (κ3) is 3.67. The maximum atomic E-state index is 12.2. The number of ether oxygens (including phenoxy) is 1. The minimum Gasteiger partial charge on any atom is -0.384 e. The van der Waals surface area contributed by atoms with Gasteiger partial charge in [-0.2, -0.15) is 5.10 Å². The van der Waals surface area contributed by atoms with Crippen molar-refractivity contribution < 1.29 is 9.53 Å². The number of aromatic nitrogens is 3. The Bertz CT molecular complexity index is 1080. The lowest BCUT2D eigenvalue weighted by molar-refractivity contribution is 0.0996. The lowest BCUT2D eigenvalue weighted by atomic mass is 9.82. The SMILES string of the molecule is COCC1CCN(c2cc(C(N)=O)nc3c2c(C2CCC2)nn3-c2ccccc2)CC1. The predicted molar refractivity (Wildman–Crippen MR) is 121 cm³/mol. The minimum atomic E-state index is -0.511. The van der Waals surface area contributed by atoms with Crippen molar-refractivity contribution in [2.75, 3.05) is 31.7 Å². The summed E-state index contributed by atoms with van der Waals surface area (Å²) >= 11 is 0. The van der Waals surface area contributed by atoms with E-state index in [1.165, 1.54) is 6.42 Å². The molecule has 0 bridgehead atoms. The summed E-state index contributed by atoms with van der Waals surface area (Å²) in [6.07, 6.45) is 5.65. The molecule has 1 amide bonds. The highest BCUT2D eigenvalue weighted by molar-refractivity contribution is 6.00. The molecule has 0 unspecified atom stereocenters. The highest BCUT2D eigenvalue weighted by atomic mass is 16.5. The van der Waals surface area contributed by atoms with Crippen LogP contribution >= 0.6 is 0 Å². The van der Waals surface area contributed by atoms with Crippen LogP contribution in [0.25, 0.3) is 16.7 Å². The molecule has 2 aromatic heterocycles. The summed E-state index contributed by atoms with van der Waals surface area (Å²) in [5, 5.41) is 6.11. The number of methoxy groups -OCH3 is 1. The molecule has 3 aromatic rings. The maximum absolute atomic E-state index is 12.2. The Morgan fingerprint density at radius 3 is 2.52 bits per heavy atom. The Kier molecular flexibility index (Phi) is 5.36. The van der Waals surface area contributed by atoms with Crippen LogP contribution in [0.2, 0.25) is 0 Å². The Hall–Kier alpha value is -2.93. The van der Waals surface area contributed by atoms with E-state index >= 15 is 0 Å². The Morgan fingerprint density at radius 2 is 1.90 bits per heavy atom. The number of fused-ring (bicyclic) bond motifs is 1.